The van der Waals surface area contributed by atoms with E-state index in [1.54, 1.807) is 31.2 Å². The topological polar surface area (TPSA) is 91.2 Å². The van der Waals surface area contributed by atoms with Crippen LogP contribution in [0.15, 0.2) is 46.0 Å². The van der Waals surface area contributed by atoms with Gasteiger partial charge in [0.05, 0.1) is 16.8 Å². The molecule has 0 aliphatic carbocycles. The molecule has 0 atom stereocenters. The summed E-state index contributed by atoms with van der Waals surface area (Å²) in [6.07, 6.45) is 0.913. The van der Waals surface area contributed by atoms with Crippen LogP contribution in [0.4, 0.5) is 0 Å². The van der Waals surface area contributed by atoms with Crippen molar-refractivity contribution >= 4 is 27.5 Å². The predicted molar refractivity (Wildman–Crippen MR) is 99.4 cm³/mol. The number of amides is 1. The van der Waals surface area contributed by atoms with Crippen molar-refractivity contribution in [3.05, 3.63) is 52.0 Å². The largest absolute Gasteiger partial charge is 0.507 e. The van der Waals surface area contributed by atoms with Crippen LogP contribution in [-0.4, -0.2) is 28.4 Å². The number of hydrogen-bond donors (Lipinski definition) is 3. The molecule has 3 N–H and O–H groups in total. The van der Waals surface area contributed by atoms with E-state index < -0.39 is 0 Å². The van der Waals surface area contributed by atoms with Gasteiger partial charge in [-0.3, -0.25) is 4.79 Å². The lowest BCUT2D eigenvalue weighted by molar-refractivity contribution is 0.0954. The Hall–Kier alpha value is -2.54. The van der Waals surface area contributed by atoms with Gasteiger partial charge >= 0.3 is 0 Å². The molecule has 2 aromatic rings. The lowest BCUT2D eigenvalue weighted by Gasteiger charge is -2.08. The Morgan fingerprint density at radius 3 is 2.52 bits per heavy atom. The van der Waals surface area contributed by atoms with Gasteiger partial charge in [-0.15, -0.1) is 0 Å². The molecule has 0 spiro atoms. The summed E-state index contributed by atoms with van der Waals surface area (Å²) in [5, 5.41) is 23.4. The number of nitrogens with zero attached hydrogens (tertiary/aromatic N) is 1. The molecule has 0 aliphatic heterocycles. The van der Waals surface area contributed by atoms with Gasteiger partial charge in [-0.25, -0.2) is 5.43 Å². The van der Waals surface area contributed by atoms with Crippen LogP contribution in [0.1, 0.15) is 36.2 Å². The molecule has 25 heavy (non-hydrogen) atoms. The highest BCUT2D eigenvalue weighted by Gasteiger charge is 2.11. The van der Waals surface area contributed by atoms with E-state index in [4.69, 9.17) is 4.74 Å². The number of carbonyl (C=O) groups excluding carboxylic acids is 1. The van der Waals surface area contributed by atoms with Gasteiger partial charge in [-0.2, -0.15) is 5.10 Å². The fourth-order valence-corrected chi connectivity index (χ4v) is 2.37. The molecule has 0 bridgehead atoms. The molecule has 0 saturated heterocycles. The molecule has 2 rings (SSSR count). The van der Waals surface area contributed by atoms with Crippen molar-refractivity contribution in [1.82, 2.24) is 5.43 Å². The van der Waals surface area contributed by atoms with Gasteiger partial charge in [0.25, 0.3) is 5.91 Å². The van der Waals surface area contributed by atoms with Crippen LogP contribution in [0.2, 0.25) is 0 Å². The van der Waals surface area contributed by atoms with E-state index in [1.807, 2.05) is 6.92 Å². The highest BCUT2D eigenvalue weighted by atomic mass is 79.9. The number of phenols is 2. The van der Waals surface area contributed by atoms with Crippen molar-refractivity contribution in [2.75, 3.05) is 6.61 Å². The highest BCUT2D eigenvalue weighted by molar-refractivity contribution is 9.10. The molecule has 0 saturated carbocycles. The Bertz CT molecular complexity index is 788. The van der Waals surface area contributed by atoms with Gasteiger partial charge in [0.2, 0.25) is 0 Å². The first-order valence-electron chi connectivity index (χ1n) is 7.71. The van der Waals surface area contributed by atoms with Crippen molar-refractivity contribution in [2.45, 2.75) is 20.3 Å². The number of rotatable bonds is 6. The molecule has 0 aliphatic rings. The number of nitrogens with one attached hydrogen (secondary N) is 1. The molecule has 0 aromatic heterocycles. The van der Waals surface area contributed by atoms with Gasteiger partial charge in [0.1, 0.15) is 17.2 Å². The molecule has 0 radical (unpaired) electrons. The van der Waals surface area contributed by atoms with E-state index in [2.05, 4.69) is 26.5 Å². The van der Waals surface area contributed by atoms with Crippen LogP contribution >= 0.6 is 15.9 Å². The monoisotopic (exact) mass is 406 g/mol. The lowest BCUT2D eigenvalue weighted by Crippen LogP contribution is -2.19. The Balaban J connectivity index is 2.07. The molecule has 0 heterocycles. The fourth-order valence-electron chi connectivity index (χ4n) is 2.02. The summed E-state index contributed by atoms with van der Waals surface area (Å²) in [5.74, 6) is 0.118. The summed E-state index contributed by atoms with van der Waals surface area (Å²) < 4.78 is 5.89. The highest BCUT2D eigenvalue weighted by Crippen LogP contribution is 2.31. The molecule has 0 fully saturated rings. The summed E-state index contributed by atoms with van der Waals surface area (Å²) in [4.78, 5) is 12.1. The molecular formula is C18H19BrN2O4. The first-order chi connectivity index (χ1) is 11.9. The van der Waals surface area contributed by atoms with Crippen molar-refractivity contribution < 1.29 is 19.7 Å². The van der Waals surface area contributed by atoms with E-state index in [0.29, 0.717) is 33.7 Å². The zero-order chi connectivity index (χ0) is 18.4. The maximum absolute atomic E-state index is 12.1. The summed E-state index contributed by atoms with van der Waals surface area (Å²) in [6.45, 7) is 4.29. The zero-order valence-corrected chi connectivity index (χ0v) is 15.5. The average Bonchev–Trinajstić information content (AvgIpc) is 2.61. The minimum atomic E-state index is -0.376. The second-order valence-corrected chi connectivity index (χ2v) is 6.19. The first-order valence-corrected chi connectivity index (χ1v) is 8.51. The van der Waals surface area contributed by atoms with Crippen molar-refractivity contribution in [3.8, 4) is 17.2 Å². The molecule has 7 heteroatoms. The minimum Gasteiger partial charge on any atom is -0.507 e. The quantitative estimate of drug-likeness (QED) is 0.502. The van der Waals surface area contributed by atoms with E-state index in [9.17, 15) is 15.0 Å². The summed E-state index contributed by atoms with van der Waals surface area (Å²) in [6, 6.07) is 9.48. The predicted octanol–water partition coefficient (Wildman–Crippen LogP) is 3.80. The molecular weight excluding hydrogens is 388 g/mol. The van der Waals surface area contributed by atoms with Crippen LogP contribution in [0.25, 0.3) is 0 Å². The number of aromatic hydroxyl groups is 2. The number of ether oxygens (including phenoxy) is 1. The fraction of sp³-hybridized carbons (Fsp3) is 0.222. The van der Waals surface area contributed by atoms with Crippen molar-refractivity contribution in [2.24, 2.45) is 5.10 Å². The third-order valence-corrected chi connectivity index (χ3v) is 4.00. The van der Waals surface area contributed by atoms with E-state index in [0.717, 1.165) is 6.42 Å². The van der Waals surface area contributed by atoms with Crippen LogP contribution < -0.4 is 10.2 Å². The molecule has 132 valence electrons. The average molecular weight is 407 g/mol. The van der Waals surface area contributed by atoms with Crippen LogP contribution in [0.5, 0.6) is 17.2 Å². The molecule has 1 amide bonds. The summed E-state index contributed by atoms with van der Waals surface area (Å²) >= 11 is 3.17. The maximum atomic E-state index is 12.1. The Kier molecular flexibility index (Phi) is 6.41. The van der Waals surface area contributed by atoms with Gasteiger partial charge < -0.3 is 14.9 Å². The Morgan fingerprint density at radius 2 is 1.88 bits per heavy atom. The van der Waals surface area contributed by atoms with E-state index in [-0.39, 0.29) is 17.4 Å². The van der Waals surface area contributed by atoms with Crippen LogP contribution in [-0.2, 0) is 0 Å². The van der Waals surface area contributed by atoms with Gasteiger partial charge in [0, 0.05) is 17.2 Å². The van der Waals surface area contributed by atoms with Crippen LogP contribution in [0.3, 0.4) is 0 Å². The number of hydrogen-bond acceptors (Lipinski definition) is 5. The number of phenolic OH excluding ortho intramolecular Hbond substituents is 2. The maximum Gasteiger partial charge on any atom is 0.271 e. The SMILES string of the molecule is CCCOc1ccc(C(=O)N/N=C(/C)c2cc(Br)c(O)cc2O)cc1. The molecule has 2 aromatic carbocycles. The van der Waals surface area contributed by atoms with Gasteiger partial charge in [0.15, 0.2) is 0 Å². The van der Waals surface area contributed by atoms with Crippen LogP contribution in [0, 0.1) is 0 Å². The Morgan fingerprint density at radius 1 is 1.20 bits per heavy atom. The second-order valence-electron chi connectivity index (χ2n) is 5.33. The third kappa shape index (κ3) is 4.96. The zero-order valence-electron chi connectivity index (χ0n) is 13.9. The van der Waals surface area contributed by atoms with Crippen molar-refractivity contribution in [3.63, 3.8) is 0 Å². The smallest absolute Gasteiger partial charge is 0.271 e. The molecule has 0 unspecified atom stereocenters. The molecule has 6 nitrogen and oxygen atoms in total. The number of hydrazone groups is 1. The van der Waals surface area contributed by atoms with Gasteiger partial charge in [-0.1, -0.05) is 6.92 Å². The Labute approximate surface area is 154 Å². The van der Waals surface area contributed by atoms with E-state index in [1.165, 1.54) is 12.1 Å². The number of carbonyl (C=O) groups is 1. The number of halogens is 1. The number of benzene rings is 2. The minimum absolute atomic E-state index is 0.0801. The first kappa shape index (κ1) is 18.8. The standard InChI is InChI=1S/C18H19BrN2O4/c1-3-8-25-13-6-4-12(5-7-13)18(24)21-20-11(2)14-9-15(19)17(23)10-16(14)22/h4-7,9-10,22-23H,3,8H2,1-2H3,(H,21,24)/b20-11-. The third-order valence-electron chi connectivity index (χ3n) is 3.37. The van der Waals surface area contributed by atoms with E-state index >= 15 is 0 Å². The normalized spacial score (nSPS) is 11.2. The van der Waals surface area contributed by atoms with Crippen molar-refractivity contribution in [1.29, 1.82) is 0 Å². The summed E-state index contributed by atoms with van der Waals surface area (Å²) in [5.41, 5.74) is 3.68. The summed E-state index contributed by atoms with van der Waals surface area (Å²) in [7, 11) is 0. The van der Waals surface area contributed by atoms with Gasteiger partial charge in [-0.05, 0) is 59.6 Å². The lowest BCUT2D eigenvalue weighted by atomic mass is 10.1. The second kappa shape index (κ2) is 8.53.